The molecule has 1 N–H and O–H groups in total. The number of benzene rings is 1. The van der Waals surface area contributed by atoms with Gasteiger partial charge in [-0.1, -0.05) is 29.3 Å². The van der Waals surface area contributed by atoms with Crippen LogP contribution in [-0.2, 0) is 17.8 Å². The number of hydrogen-bond acceptors (Lipinski definition) is 3. The summed E-state index contributed by atoms with van der Waals surface area (Å²) in [7, 11) is 1.62. The molecule has 122 valence electrons. The second kappa shape index (κ2) is 7.66. The van der Waals surface area contributed by atoms with Gasteiger partial charge in [-0.2, -0.15) is 0 Å². The van der Waals surface area contributed by atoms with Crippen molar-refractivity contribution in [2.45, 2.75) is 26.8 Å². The molecule has 0 atom stereocenters. The standard InChI is InChI=1S/C17H18Cl2N2O2/c1-10-8-20-15(11(2)17(10)23-3)9-21-16(22)7-12-13(18)5-4-6-14(12)19/h4-6,8H,7,9H2,1-3H3,(H,21,22). The van der Waals surface area contributed by atoms with Crippen LogP contribution in [0.5, 0.6) is 5.75 Å². The number of hydrogen-bond donors (Lipinski definition) is 1. The number of ether oxygens (including phenoxy) is 1. The fraction of sp³-hybridized carbons (Fsp3) is 0.294. The summed E-state index contributed by atoms with van der Waals surface area (Å²) in [5.74, 6) is 0.624. The maximum atomic E-state index is 12.1. The summed E-state index contributed by atoms with van der Waals surface area (Å²) in [6, 6.07) is 5.18. The van der Waals surface area contributed by atoms with Crippen molar-refractivity contribution in [3.05, 3.63) is 56.8 Å². The average molecular weight is 353 g/mol. The van der Waals surface area contributed by atoms with Gasteiger partial charge < -0.3 is 10.1 Å². The fourth-order valence-electron chi connectivity index (χ4n) is 2.36. The van der Waals surface area contributed by atoms with Crippen LogP contribution in [-0.4, -0.2) is 18.0 Å². The van der Waals surface area contributed by atoms with E-state index in [0.717, 1.165) is 22.6 Å². The maximum absolute atomic E-state index is 12.1. The molecule has 2 aromatic rings. The van der Waals surface area contributed by atoms with Gasteiger partial charge in [-0.15, -0.1) is 0 Å². The number of carbonyl (C=O) groups is 1. The van der Waals surface area contributed by atoms with Crippen molar-refractivity contribution in [1.29, 1.82) is 0 Å². The molecule has 1 amide bonds. The van der Waals surface area contributed by atoms with Crippen LogP contribution < -0.4 is 10.1 Å². The topological polar surface area (TPSA) is 51.2 Å². The molecule has 4 nitrogen and oxygen atoms in total. The van der Waals surface area contributed by atoms with Gasteiger partial charge in [0.15, 0.2) is 0 Å². The predicted octanol–water partition coefficient (Wildman–Crippen LogP) is 3.87. The molecule has 0 saturated heterocycles. The van der Waals surface area contributed by atoms with Gasteiger partial charge in [0.2, 0.25) is 5.91 Å². The molecule has 0 spiro atoms. The van der Waals surface area contributed by atoms with Crippen molar-refractivity contribution in [3.63, 3.8) is 0 Å². The quantitative estimate of drug-likeness (QED) is 0.888. The lowest BCUT2D eigenvalue weighted by Gasteiger charge is -2.13. The van der Waals surface area contributed by atoms with Gasteiger partial charge in [0.25, 0.3) is 0 Å². The number of pyridine rings is 1. The minimum Gasteiger partial charge on any atom is -0.496 e. The van der Waals surface area contributed by atoms with Crippen molar-refractivity contribution in [2.75, 3.05) is 7.11 Å². The highest BCUT2D eigenvalue weighted by Crippen LogP contribution is 2.25. The molecule has 2 rings (SSSR count). The maximum Gasteiger partial charge on any atom is 0.224 e. The molecule has 0 aliphatic heterocycles. The van der Waals surface area contributed by atoms with E-state index in [2.05, 4.69) is 10.3 Å². The van der Waals surface area contributed by atoms with Crippen molar-refractivity contribution in [1.82, 2.24) is 10.3 Å². The van der Waals surface area contributed by atoms with Gasteiger partial charge in [0, 0.05) is 27.4 Å². The van der Waals surface area contributed by atoms with Gasteiger partial charge in [-0.05, 0) is 31.5 Å². The van der Waals surface area contributed by atoms with E-state index in [-0.39, 0.29) is 12.3 Å². The average Bonchev–Trinajstić information content (AvgIpc) is 2.51. The number of carbonyl (C=O) groups excluding carboxylic acids is 1. The Morgan fingerprint density at radius 1 is 1.26 bits per heavy atom. The van der Waals surface area contributed by atoms with E-state index in [9.17, 15) is 4.79 Å². The zero-order valence-electron chi connectivity index (χ0n) is 13.2. The van der Waals surface area contributed by atoms with Crippen LogP contribution in [0.1, 0.15) is 22.4 Å². The Bertz CT molecular complexity index is 713. The molecule has 1 heterocycles. The summed E-state index contributed by atoms with van der Waals surface area (Å²) < 4.78 is 5.36. The van der Waals surface area contributed by atoms with Crippen molar-refractivity contribution in [2.24, 2.45) is 0 Å². The largest absolute Gasteiger partial charge is 0.496 e. The first-order valence-corrected chi connectivity index (χ1v) is 7.88. The molecule has 0 aliphatic carbocycles. The molecule has 1 aromatic heterocycles. The van der Waals surface area contributed by atoms with Crippen molar-refractivity contribution in [3.8, 4) is 5.75 Å². The fourth-order valence-corrected chi connectivity index (χ4v) is 2.89. The van der Waals surface area contributed by atoms with E-state index in [1.54, 1.807) is 31.5 Å². The molecule has 0 fully saturated rings. The Kier molecular flexibility index (Phi) is 5.85. The molecular weight excluding hydrogens is 335 g/mol. The summed E-state index contributed by atoms with van der Waals surface area (Å²) in [4.78, 5) is 16.5. The lowest BCUT2D eigenvalue weighted by molar-refractivity contribution is -0.120. The first-order valence-electron chi connectivity index (χ1n) is 7.12. The monoisotopic (exact) mass is 352 g/mol. The summed E-state index contributed by atoms with van der Waals surface area (Å²) in [6.45, 7) is 4.18. The second-order valence-corrected chi connectivity index (χ2v) is 6.01. The van der Waals surface area contributed by atoms with Gasteiger partial charge >= 0.3 is 0 Å². The molecule has 0 radical (unpaired) electrons. The minimum atomic E-state index is -0.166. The van der Waals surface area contributed by atoms with Gasteiger partial charge in [0.05, 0.1) is 25.8 Å². The third-order valence-corrected chi connectivity index (χ3v) is 4.31. The molecule has 0 saturated carbocycles. The van der Waals surface area contributed by atoms with Crippen molar-refractivity contribution < 1.29 is 9.53 Å². The predicted molar refractivity (Wildman–Crippen MR) is 92.3 cm³/mol. The lowest BCUT2D eigenvalue weighted by atomic mass is 10.1. The van der Waals surface area contributed by atoms with E-state index in [4.69, 9.17) is 27.9 Å². The van der Waals surface area contributed by atoms with Crippen LogP contribution >= 0.6 is 23.2 Å². The molecule has 0 unspecified atom stereocenters. The normalized spacial score (nSPS) is 10.5. The van der Waals surface area contributed by atoms with E-state index in [0.29, 0.717) is 22.2 Å². The highest BCUT2D eigenvalue weighted by atomic mass is 35.5. The Hall–Kier alpha value is -1.78. The molecule has 0 bridgehead atoms. The Morgan fingerprint density at radius 2 is 1.91 bits per heavy atom. The van der Waals surface area contributed by atoms with Crippen LogP contribution in [0.4, 0.5) is 0 Å². The number of aromatic nitrogens is 1. The zero-order valence-corrected chi connectivity index (χ0v) is 14.8. The van der Waals surface area contributed by atoms with E-state index < -0.39 is 0 Å². The van der Waals surface area contributed by atoms with Crippen LogP contribution in [0.3, 0.4) is 0 Å². The Labute approximate surface area is 145 Å². The van der Waals surface area contributed by atoms with Crippen LogP contribution in [0, 0.1) is 13.8 Å². The summed E-state index contributed by atoms with van der Waals surface area (Å²) >= 11 is 12.2. The van der Waals surface area contributed by atoms with E-state index in [1.807, 2.05) is 13.8 Å². The van der Waals surface area contributed by atoms with Crippen LogP contribution in [0.25, 0.3) is 0 Å². The lowest BCUT2D eigenvalue weighted by Crippen LogP contribution is -2.25. The number of nitrogens with zero attached hydrogens (tertiary/aromatic N) is 1. The van der Waals surface area contributed by atoms with Gasteiger partial charge in [-0.3, -0.25) is 9.78 Å². The SMILES string of the molecule is COc1c(C)cnc(CNC(=O)Cc2c(Cl)cccc2Cl)c1C. The molecule has 23 heavy (non-hydrogen) atoms. The third-order valence-electron chi connectivity index (χ3n) is 3.60. The summed E-state index contributed by atoms with van der Waals surface area (Å²) in [6.07, 6.45) is 1.86. The summed E-state index contributed by atoms with van der Waals surface area (Å²) in [5, 5.41) is 3.81. The number of halogens is 2. The third kappa shape index (κ3) is 4.15. The Morgan fingerprint density at radius 3 is 2.52 bits per heavy atom. The van der Waals surface area contributed by atoms with E-state index in [1.165, 1.54) is 0 Å². The number of methoxy groups -OCH3 is 1. The highest BCUT2D eigenvalue weighted by molar-refractivity contribution is 6.36. The van der Waals surface area contributed by atoms with Gasteiger partial charge in [0.1, 0.15) is 5.75 Å². The Balaban J connectivity index is 2.05. The first kappa shape index (κ1) is 17.6. The zero-order chi connectivity index (χ0) is 17.0. The number of amides is 1. The minimum absolute atomic E-state index is 0.126. The molecule has 6 heteroatoms. The first-order chi connectivity index (χ1) is 10.9. The number of nitrogens with one attached hydrogen (secondary N) is 1. The van der Waals surface area contributed by atoms with E-state index >= 15 is 0 Å². The molecular formula is C17H18Cl2N2O2. The van der Waals surface area contributed by atoms with Crippen LogP contribution in [0.15, 0.2) is 24.4 Å². The smallest absolute Gasteiger partial charge is 0.224 e. The van der Waals surface area contributed by atoms with Crippen LogP contribution in [0.2, 0.25) is 10.0 Å². The number of rotatable bonds is 5. The molecule has 1 aromatic carbocycles. The number of aryl methyl sites for hydroxylation is 1. The van der Waals surface area contributed by atoms with Crippen molar-refractivity contribution >= 4 is 29.1 Å². The molecule has 0 aliphatic rings. The second-order valence-electron chi connectivity index (χ2n) is 5.20. The summed E-state index contributed by atoms with van der Waals surface area (Å²) in [5.41, 5.74) is 3.28. The van der Waals surface area contributed by atoms with Gasteiger partial charge in [-0.25, -0.2) is 0 Å². The highest BCUT2D eigenvalue weighted by Gasteiger charge is 2.13.